The lowest BCUT2D eigenvalue weighted by Crippen LogP contribution is -2.40. The molecule has 2 unspecified atom stereocenters. The number of ether oxygens (including phenoxy) is 1. The van der Waals surface area contributed by atoms with Crippen LogP contribution in [0.3, 0.4) is 0 Å². The lowest BCUT2D eigenvalue weighted by Gasteiger charge is -2.20. The molecule has 98 valence electrons. The molecule has 0 aliphatic carbocycles. The Labute approximate surface area is 108 Å². The normalized spacial score (nSPS) is 20.7. The van der Waals surface area contributed by atoms with E-state index in [1.807, 2.05) is 19.9 Å². The Kier molecular flexibility index (Phi) is 3.87. The summed E-state index contributed by atoms with van der Waals surface area (Å²) in [4.78, 5) is 12.1. The van der Waals surface area contributed by atoms with Crippen molar-refractivity contribution in [2.45, 2.75) is 38.8 Å². The Hall–Kier alpha value is -1.55. The standard InChI is InChI=1S/C14H20N2O2/c1-9-5-6-11(8-12(9)15)14(17)16-10(2)13-4-3-7-18-13/h5-6,8,10,13H,3-4,7,15H2,1-2H3,(H,16,17). The molecular weight excluding hydrogens is 228 g/mol. The lowest BCUT2D eigenvalue weighted by molar-refractivity contribution is 0.0712. The fourth-order valence-electron chi connectivity index (χ4n) is 2.16. The van der Waals surface area contributed by atoms with Crippen LogP contribution in [-0.4, -0.2) is 24.7 Å². The smallest absolute Gasteiger partial charge is 0.251 e. The summed E-state index contributed by atoms with van der Waals surface area (Å²) in [5.41, 5.74) is 8.04. The van der Waals surface area contributed by atoms with Gasteiger partial charge < -0.3 is 15.8 Å². The molecule has 0 saturated carbocycles. The van der Waals surface area contributed by atoms with E-state index in [0.29, 0.717) is 11.3 Å². The van der Waals surface area contributed by atoms with Crippen LogP contribution in [0.25, 0.3) is 0 Å². The zero-order valence-electron chi connectivity index (χ0n) is 10.9. The molecule has 4 heteroatoms. The van der Waals surface area contributed by atoms with Gasteiger partial charge in [0.2, 0.25) is 0 Å². The molecule has 0 bridgehead atoms. The van der Waals surface area contributed by atoms with Crippen molar-refractivity contribution >= 4 is 11.6 Å². The van der Waals surface area contributed by atoms with Gasteiger partial charge in [-0.2, -0.15) is 0 Å². The first-order chi connectivity index (χ1) is 8.58. The van der Waals surface area contributed by atoms with Crippen molar-refractivity contribution < 1.29 is 9.53 Å². The fraction of sp³-hybridized carbons (Fsp3) is 0.500. The van der Waals surface area contributed by atoms with Crippen LogP contribution in [0.5, 0.6) is 0 Å². The summed E-state index contributed by atoms with van der Waals surface area (Å²) in [6, 6.07) is 5.40. The van der Waals surface area contributed by atoms with Crippen LogP contribution in [0, 0.1) is 6.92 Å². The van der Waals surface area contributed by atoms with Crippen LogP contribution in [-0.2, 0) is 4.74 Å². The number of anilines is 1. The minimum absolute atomic E-state index is 0.0301. The molecule has 4 nitrogen and oxygen atoms in total. The van der Waals surface area contributed by atoms with Gasteiger partial charge in [-0.15, -0.1) is 0 Å². The number of aryl methyl sites for hydroxylation is 1. The largest absolute Gasteiger partial charge is 0.398 e. The maximum Gasteiger partial charge on any atom is 0.251 e. The van der Waals surface area contributed by atoms with Crippen LogP contribution in [0.15, 0.2) is 18.2 Å². The summed E-state index contributed by atoms with van der Waals surface area (Å²) in [6.45, 7) is 4.69. The molecule has 1 saturated heterocycles. The van der Waals surface area contributed by atoms with Gasteiger partial charge in [0.05, 0.1) is 12.1 Å². The van der Waals surface area contributed by atoms with Gasteiger partial charge in [0, 0.05) is 17.9 Å². The van der Waals surface area contributed by atoms with Gasteiger partial charge in [0.15, 0.2) is 0 Å². The molecular formula is C14H20N2O2. The molecule has 1 aliphatic rings. The third-order valence-electron chi connectivity index (χ3n) is 3.42. The maximum atomic E-state index is 12.1. The maximum absolute atomic E-state index is 12.1. The van der Waals surface area contributed by atoms with Gasteiger partial charge in [-0.1, -0.05) is 6.07 Å². The molecule has 2 rings (SSSR count). The Morgan fingerprint density at radius 3 is 2.94 bits per heavy atom. The van der Waals surface area contributed by atoms with Gasteiger partial charge >= 0.3 is 0 Å². The Morgan fingerprint density at radius 1 is 1.56 bits per heavy atom. The molecule has 1 aliphatic heterocycles. The average molecular weight is 248 g/mol. The molecule has 1 fully saturated rings. The van der Waals surface area contributed by atoms with Crippen molar-refractivity contribution in [3.8, 4) is 0 Å². The number of carbonyl (C=O) groups is 1. The van der Waals surface area contributed by atoms with E-state index in [9.17, 15) is 4.79 Å². The lowest BCUT2D eigenvalue weighted by atomic mass is 10.1. The van der Waals surface area contributed by atoms with Crippen LogP contribution >= 0.6 is 0 Å². The minimum Gasteiger partial charge on any atom is -0.398 e. The first kappa shape index (κ1) is 12.9. The van der Waals surface area contributed by atoms with E-state index >= 15 is 0 Å². The fourth-order valence-corrected chi connectivity index (χ4v) is 2.16. The quantitative estimate of drug-likeness (QED) is 0.803. The number of nitrogens with one attached hydrogen (secondary N) is 1. The van der Waals surface area contributed by atoms with Crippen LogP contribution in [0.1, 0.15) is 35.7 Å². The predicted octanol–water partition coefficient (Wildman–Crippen LogP) is 1.87. The Balaban J connectivity index is 2.00. The van der Waals surface area contributed by atoms with E-state index in [1.54, 1.807) is 12.1 Å². The number of nitrogens with two attached hydrogens (primary N) is 1. The summed E-state index contributed by atoms with van der Waals surface area (Å²) >= 11 is 0. The van der Waals surface area contributed by atoms with Gasteiger partial charge in [0.25, 0.3) is 5.91 Å². The number of hydrogen-bond donors (Lipinski definition) is 2. The number of carbonyl (C=O) groups excluding carboxylic acids is 1. The highest BCUT2D eigenvalue weighted by Gasteiger charge is 2.23. The summed E-state index contributed by atoms with van der Waals surface area (Å²) in [5, 5.41) is 2.97. The van der Waals surface area contributed by atoms with Gasteiger partial charge in [-0.25, -0.2) is 0 Å². The highest BCUT2D eigenvalue weighted by Crippen LogP contribution is 2.17. The SMILES string of the molecule is Cc1ccc(C(=O)NC(C)C2CCCO2)cc1N. The van der Waals surface area contributed by atoms with E-state index in [-0.39, 0.29) is 18.1 Å². The van der Waals surface area contributed by atoms with Gasteiger partial charge in [-0.3, -0.25) is 4.79 Å². The molecule has 18 heavy (non-hydrogen) atoms. The molecule has 1 aromatic rings. The number of hydrogen-bond acceptors (Lipinski definition) is 3. The topological polar surface area (TPSA) is 64.3 Å². The summed E-state index contributed by atoms with van der Waals surface area (Å²) in [7, 11) is 0. The van der Waals surface area contributed by atoms with Gasteiger partial charge in [-0.05, 0) is 44.4 Å². The number of benzene rings is 1. The first-order valence-electron chi connectivity index (χ1n) is 6.36. The van der Waals surface area contributed by atoms with Crippen molar-refractivity contribution in [2.75, 3.05) is 12.3 Å². The zero-order chi connectivity index (χ0) is 13.1. The third kappa shape index (κ3) is 2.82. The predicted molar refractivity (Wildman–Crippen MR) is 71.5 cm³/mol. The molecule has 2 atom stereocenters. The van der Waals surface area contributed by atoms with Crippen molar-refractivity contribution in [3.63, 3.8) is 0 Å². The van der Waals surface area contributed by atoms with E-state index in [4.69, 9.17) is 10.5 Å². The molecule has 0 aromatic heterocycles. The molecule has 1 amide bonds. The van der Waals surface area contributed by atoms with Crippen LogP contribution in [0.4, 0.5) is 5.69 Å². The molecule has 3 N–H and O–H groups in total. The summed E-state index contributed by atoms with van der Waals surface area (Å²) in [6.07, 6.45) is 2.22. The van der Waals surface area contributed by atoms with E-state index in [1.165, 1.54) is 0 Å². The number of amides is 1. The van der Waals surface area contributed by atoms with Crippen molar-refractivity contribution in [2.24, 2.45) is 0 Å². The molecule has 0 spiro atoms. The third-order valence-corrected chi connectivity index (χ3v) is 3.42. The highest BCUT2D eigenvalue weighted by atomic mass is 16.5. The van der Waals surface area contributed by atoms with Crippen molar-refractivity contribution in [1.82, 2.24) is 5.32 Å². The van der Waals surface area contributed by atoms with Crippen molar-refractivity contribution in [1.29, 1.82) is 0 Å². The number of nitrogen functional groups attached to an aromatic ring is 1. The van der Waals surface area contributed by atoms with E-state index < -0.39 is 0 Å². The highest BCUT2D eigenvalue weighted by molar-refractivity contribution is 5.95. The second kappa shape index (κ2) is 5.40. The van der Waals surface area contributed by atoms with Gasteiger partial charge in [0.1, 0.15) is 0 Å². The molecule has 0 radical (unpaired) electrons. The summed E-state index contributed by atoms with van der Waals surface area (Å²) in [5.74, 6) is -0.0929. The Bertz CT molecular complexity index is 439. The van der Waals surface area contributed by atoms with Crippen molar-refractivity contribution in [3.05, 3.63) is 29.3 Å². The van der Waals surface area contributed by atoms with E-state index in [0.717, 1.165) is 25.0 Å². The van der Waals surface area contributed by atoms with Crippen LogP contribution < -0.4 is 11.1 Å². The zero-order valence-corrected chi connectivity index (χ0v) is 10.9. The monoisotopic (exact) mass is 248 g/mol. The second-order valence-electron chi connectivity index (χ2n) is 4.88. The second-order valence-corrected chi connectivity index (χ2v) is 4.88. The average Bonchev–Trinajstić information content (AvgIpc) is 2.86. The minimum atomic E-state index is -0.0929. The summed E-state index contributed by atoms with van der Waals surface area (Å²) < 4.78 is 5.55. The van der Waals surface area contributed by atoms with E-state index in [2.05, 4.69) is 5.32 Å². The Morgan fingerprint density at radius 2 is 2.33 bits per heavy atom. The number of rotatable bonds is 3. The van der Waals surface area contributed by atoms with Crippen LogP contribution in [0.2, 0.25) is 0 Å². The molecule has 1 heterocycles. The molecule has 1 aromatic carbocycles. The first-order valence-corrected chi connectivity index (χ1v) is 6.36.